The lowest BCUT2D eigenvalue weighted by molar-refractivity contribution is 0.448. The minimum Gasteiger partial charge on any atom is -0.347 e. The Labute approximate surface area is 113 Å². The number of benzene rings is 1. The van der Waals surface area contributed by atoms with Crippen LogP contribution >= 0.6 is 11.6 Å². The van der Waals surface area contributed by atoms with Crippen LogP contribution in [0.15, 0.2) is 18.2 Å². The summed E-state index contributed by atoms with van der Waals surface area (Å²) in [6, 6.07) is 6.46. The number of hydrogen-bond acceptors (Lipinski definition) is 1. The Morgan fingerprint density at radius 1 is 1.39 bits per heavy atom. The van der Waals surface area contributed by atoms with Gasteiger partial charge in [0.2, 0.25) is 0 Å². The standard InChI is InChI=1S/C15H19ClN2/c1-10-13(16)6-5-11-8-14(18(2)15(10)11)12-4-3-7-17-9-12/h5-6,8,12,17H,3-4,7,9H2,1-2H3. The van der Waals surface area contributed by atoms with Crippen molar-refractivity contribution in [3.8, 4) is 0 Å². The highest BCUT2D eigenvalue weighted by Crippen LogP contribution is 2.32. The number of piperidine rings is 1. The Kier molecular flexibility index (Phi) is 3.08. The molecule has 0 radical (unpaired) electrons. The highest BCUT2D eigenvalue weighted by molar-refractivity contribution is 6.32. The summed E-state index contributed by atoms with van der Waals surface area (Å²) in [5.41, 5.74) is 3.90. The molecule has 1 aromatic carbocycles. The lowest BCUT2D eigenvalue weighted by atomic mass is 9.96. The Bertz CT molecular complexity index is 580. The quantitative estimate of drug-likeness (QED) is 0.831. The highest BCUT2D eigenvalue weighted by Gasteiger charge is 2.20. The van der Waals surface area contributed by atoms with E-state index in [9.17, 15) is 0 Å². The molecule has 1 unspecified atom stereocenters. The first-order valence-electron chi connectivity index (χ1n) is 6.63. The first-order valence-corrected chi connectivity index (χ1v) is 7.01. The largest absolute Gasteiger partial charge is 0.347 e. The third-order valence-electron chi connectivity index (χ3n) is 4.14. The van der Waals surface area contributed by atoms with Crippen molar-refractivity contribution in [2.75, 3.05) is 13.1 Å². The molecule has 2 aromatic rings. The Hall–Kier alpha value is -0.990. The van der Waals surface area contributed by atoms with E-state index in [1.165, 1.54) is 35.0 Å². The molecule has 3 heteroatoms. The summed E-state index contributed by atoms with van der Waals surface area (Å²) < 4.78 is 2.33. The molecule has 1 saturated heterocycles. The van der Waals surface area contributed by atoms with Gasteiger partial charge in [0.1, 0.15) is 0 Å². The van der Waals surface area contributed by atoms with Crippen LogP contribution in [0.5, 0.6) is 0 Å². The van der Waals surface area contributed by atoms with Crippen molar-refractivity contribution in [2.24, 2.45) is 7.05 Å². The third kappa shape index (κ3) is 1.84. The van der Waals surface area contributed by atoms with Crippen molar-refractivity contribution < 1.29 is 0 Å². The summed E-state index contributed by atoms with van der Waals surface area (Å²) in [4.78, 5) is 0. The van der Waals surface area contributed by atoms with Gasteiger partial charge in [-0.2, -0.15) is 0 Å². The molecule has 1 aliphatic heterocycles. The average molecular weight is 263 g/mol. The number of nitrogens with zero attached hydrogens (tertiary/aromatic N) is 1. The molecule has 2 nitrogen and oxygen atoms in total. The van der Waals surface area contributed by atoms with E-state index in [1.54, 1.807) is 0 Å². The van der Waals surface area contributed by atoms with Crippen LogP contribution in [0.1, 0.15) is 30.0 Å². The minimum absolute atomic E-state index is 0.634. The first kappa shape index (κ1) is 12.1. The average Bonchev–Trinajstić information content (AvgIpc) is 2.73. The fourth-order valence-corrected chi connectivity index (χ4v) is 3.29. The van der Waals surface area contributed by atoms with E-state index >= 15 is 0 Å². The second kappa shape index (κ2) is 4.60. The monoisotopic (exact) mass is 262 g/mol. The van der Waals surface area contributed by atoms with Gasteiger partial charge in [-0.3, -0.25) is 0 Å². The Morgan fingerprint density at radius 2 is 2.22 bits per heavy atom. The number of fused-ring (bicyclic) bond motifs is 1. The molecule has 3 rings (SSSR count). The maximum Gasteiger partial charge on any atom is 0.0524 e. The zero-order valence-electron chi connectivity index (χ0n) is 11.0. The second-order valence-electron chi connectivity index (χ2n) is 5.28. The second-order valence-corrected chi connectivity index (χ2v) is 5.69. The maximum absolute atomic E-state index is 6.23. The molecule has 1 atom stereocenters. The Balaban J connectivity index is 2.13. The number of aromatic nitrogens is 1. The maximum atomic E-state index is 6.23. The number of hydrogen-bond donors (Lipinski definition) is 1. The van der Waals surface area contributed by atoms with Gasteiger partial charge < -0.3 is 9.88 Å². The van der Waals surface area contributed by atoms with Gasteiger partial charge in [0.05, 0.1) is 5.52 Å². The van der Waals surface area contributed by atoms with Gasteiger partial charge >= 0.3 is 0 Å². The van der Waals surface area contributed by atoms with Crippen molar-refractivity contribution in [3.05, 3.63) is 34.5 Å². The van der Waals surface area contributed by atoms with Gasteiger partial charge in [-0.15, -0.1) is 0 Å². The molecular formula is C15H19ClN2. The van der Waals surface area contributed by atoms with Crippen LogP contribution in [0.3, 0.4) is 0 Å². The molecule has 0 bridgehead atoms. The summed E-state index contributed by atoms with van der Waals surface area (Å²) in [5, 5.41) is 5.66. The van der Waals surface area contributed by atoms with Gasteiger partial charge in [0, 0.05) is 35.6 Å². The van der Waals surface area contributed by atoms with Crippen LogP contribution in [0.2, 0.25) is 5.02 Å². The SMILES string of the molecule is Cc1c(Cl)ccc2cc(C3CCCNC3)n(C)c12. The van der Waals surface area contributed by atoms with E-state index in [0.29, 0.717) is 5.92 Å². The van der Waals surface area contributed by atoms with E-state index in [4.69, 9.17) is 11.6 Å². The van der Waals surface area contributed by atoms with E-state index in [-0.39, 0.29) is 0 Å². The molecule has 0 amide bonds. The van der Waals surface area contributed by atoms with Crippen molar-refractivity contribution in [1.29, 1.82) is 0 Å². The van der Waals surface area contributed by atoms with E-state index in [2.05, 4.69) is 36.0 Å². The van der Waals surface area contributed by atoms with Crippen LogP contribution in [0.4, 0.5) is 0 Å². The summed E-state index contributed by atoms with van der Waals surface area (Å²) >= 11 is 6.23. The fourth-order valence-electron chi connectivity index (χ4n) is 3.14. The molecule has 96 valence electrons. The summed E-state index contributed by atoms with van der Waals surface area (Å²) in [5.74, 6) is 0.634. The first-order chi connectivity index (χ1) is 8.68. The molecule has 1 aromatic heterocycles. The van der Waals surface area contributed by atoms with Crippen molar-refractivity contribution in [2.45, 2.75) is 25.7 Å². The lowest BCUT2D eigenvalue weighted by Crippen LogP contribution is -2.29. The van der Waals surface area contributed by atoms with Crippen molar-refractivity contribution in [1.82, 2.24) is 9.88 Å². The topological polar surface area (TPSA) is 17.0 Å². The Morgan fingerprint density at radius 3 is 2.94 bits per heavy atom. The van der Waals surface area contributed by atoms with Crippen LogP contribution in [-0.4, -0.2) is 17.7 Å². The number of rotatable bonds is 1. The fraction of sp³-hybridized carbons (Fsp3) is 0.467. The summed E-state index contributed by atoms with van der Waals surface area (Å²) in [6.07, 6.45) is 2.55. The molecule has 1 fully saturated rings. The molecule has 0 spiro atoms. The van der Waals surface area contributed by atoms with Crippen LogP contribution < -0.4 is 5.32 Å². The normalized spacial score (nSPS) is 20.5. The van der Waals surface area contributed by atoms with Crippen molar-refractivity contribution >= 4 is 22.5 Å². The predicted molar refractivity (Wildman–Crippen MR) is 77.5 cm³/mol. The third-order valence-corrected chi connectivity index (χ3v) is 4.55. The predicted octanol–water partition coefficient (Wildman–Crippen LogP) is 3.61. The minimum atomic E-state index is 0.634. The summed E-state index contributed by atoms with van der Waals surface area (Å²) in [7, 11) is 2.16. The molecule has 1 N–H and O–H groups in total. The molecule has 0 saturated carbocycles. The zero-order chi connectivity index (χ0) is 12.7. The van der Waals surface area contributed by atoms with E-state index in [1.807, 2.05) is 6.07 Å². The van der Waals surface area contributed by atoms with Gasteiger partial charge in [-0.1, -0.05) is 17.7 Å². The van der Waals surface area contributed by atoms with E-state index in [0.717, 1.165) is 18.1 Å². The lowest BCUT2D eigenvalue weighted by Gasteiger charge is -2.23. The molecule has 1 aliphatic rings. The van der Waals surface area contributed by atoms with Gasteiger partial charge in [0.15, 0.2) is 0 Å². The van der Waals surface area contributed by atoms with E-state index < -0.39 is 0 Å². The summed E-state index contributed by atoms with van der Waals surface area (Å²) in [6.45, 7) is 4.36. The smallest absolute Gasteiger partial charge is 0.0524 e. The molecular weight excluding hydrogens is 244 g/mol. The number of nitrogens with one attached hydrogen (secondary N) is 1. The van der Waals surface area contributed by atoms with Gasteiger partial charge in [-0.25, -0.2) is 0 Å². The van der Waals surface area contributed by atoms with Crippen LogP contribution in [0.25, 0.3) is 10.9 Å². The molecule has 18 heavy (non-hydrogen) atoms. The van der Waals surface area contributed by atoms with Gasteiger partial charge in [0.25, 0.3) is 0 Å². The molecule has 0 aliphatic carbocycles. The molecule has 2 heterocycles. The van der Waals surface area contributed by atoms with Gasteiger partial charge in [-0.05, 0) is 44.0 Å². The van der Waals surface area contributed by atoms with Crippen LogP contribution in [-0.2, 0) is 7.05 Å². The number of halogens is 1. The zero-order valence-corrected chi connectivity index (χ0v) is 11.7. The number of aryl methyl sites for hydroxylation is 2. The van der Waals surface area contributed by atoms with Crippen molar-refractivity contribution in [3.63, 3.8) is 0 Å². The highest BCUT2D eigenvalue weighted by atomic mass is 35.5. The van der Waals surface area contributed by atoms with Crippen LogP contribution in [0, 0.1) is 6.92 Å².